The average Bonchev–Trinajstić information content (AvgIpc) is 2.11. The molecule has 0 bridgehead atoms. The number of carbonyl (C=O) groups excluding carboxylic acids is 2. The van der Waals surface area contributed by atoms with Gasteiger partial charge in [-0.05, 0) is 6.42 Å². The normalized spacial score (nSPS) is 11.2. The summed E-state index contributed by atoms with van der Waals surface area (Å²) < 4.78 is 4.53. The molecule has 78 valence electrons. The van der Waals surface area contributed by atoms with E-state index in [1.54, 1.807) is 0 Å². The average molecular weight is 198 g/mol. The summed E-state index contributed by atoms with van der Waals surface area (Å²) in [4.78, 5) is 21.7. The van der Waals surface area contributed by atoms with Crippen molar-refractivity contribution in [2.45, 2.75) is 6.42 Å². The van der Waals surface area contributed by atoms with Crippen LogP contribution >= 0.6 is 0 Å². The third-order valence-corrected chi connectivity index (χ3v) is 1.59. The SMILES string of the molecule is C=CCC(C(=C)NC(N)=O)C(=O)OC. The topological polar surface area (TPSA) is 81.4 Å². The second-order valence-electron chi connectivity index (χ2n) is 2.61. The first kappa shape index (κ1) is 12.2. The Hall–Kier alpha value is -1.78. The van der Waals surface area contributed by atoms with E-state index in [1.165, 1.54) is 13.2 Å². The van der Waals surface area contributed by atoms with E-state index in [0.717, 1.165) is 0 Å². The number of nitrogens with two attached hydrogens (primary N) is 1. The van der Waals surface area contributed by atoms with Crippen molar-refractivity contribution < 1.29 is 14.3 Å². The van der Waals surface area contributed by atoms with Gasteiger partial charge in [0.1, 0.15) is 0 Å². The smallest absolute Gasteiger partial charge is 0.316 e. The molecule has 0 spiro atoms. The van der Waals surface area contributed by atoms with Crippen molar-refractivity contribution in [1.29, 1.82) is 0 Å². The second kappa shape index (κ2) is 5.80. The number of amides is 2. The van der Waals surface area contributed by atoms with Crippen LogP contribution in [0.1, 0.15) is 6.42 Å². The van der Waals surface area contributed by atoms with Crippen LogP contribution in [-0.4, -0.2) is 19.1 Å². The zero-order valence-corrected chi connectivity index (χ0v) is 8.08. The summed E-state index contributed by atoms with van der Waals surface area (Å²) in [5.74, 6) is -1.12. The van der Waals surface area contributed by atoms with Crippen molar-refractivity contribution in [3.8, 4) is 0 Å². The number of nitrogens with one attached hydrogen (secondary N) is 1. The van der Waals surface area contributed by atoms with Crippen molar-refractivity contribution in [3.63, 3.8) is 0 Å². The number of carbonyl (C=O) groups is 2. The molecule has 3 N–H and O–H groups in total. The van der Waals surface area contributed by atoms with Crippen LogP contribution in [0.4, 0.5) is 4.79 Å². The van der Waals surface area contributed by atoms with E-state index in [9.17, 15) is 9.59 Å². The lowest BCUT2D eigenvalue weighted by Gasteiger charge is -2.15. The Bertz CT molecular complexity index is 261. The molecule has 0 aliphatic rings. The molecule has 1 atom stereocenters. The molecule has 0 aromatic rings. The van der Waals surface area contributed by atoms with E-state index in [-0.39, 0.29) is 5.70 Å². The lowest BCUT2D eigenvalue weighted by atomic mass is 10.0. The lowest BCUT2D eigenvalue weighted by molar-refractivity contribution is -0.144. The zero-order valence-electron chi connectivity index (χ0n) is 8.08. The number of esters is 1. The molecule has 0 heterocycles. The Morgan fingerprint density at radius 2 is 2.21 bits per heavy atom. The van der Waals surface area contributed by atoms with Crippen LogP contribution in [0.15, 0.2) is 24.9 Å². The third kappa shape index (κ3) is 3.75. The van der Waals surface area contributed by atoms with Crippen molar-refractivity contribution in [3.05, 3.63) is 24.9 Å². The quantitative estimate of drug-likeness (QED) is 0.499. The minimum atomic E-state index is -0.757. The Labute approximate surface area is 82.6 Å². The first-order valence-electron chi connectivity index (χ1n) is 3.96. The molecule has 0 rings (SSSR count). The van der Waals surface area contributed by atoms with Gasteiger partial charge < -0.3 is 15.8 Å². The van der Waals surface area contributed by atoms with Crippen molar-refractivity contribution >= 4 is 12.0 Å². The maximum absolute atomic E-state index is 11.2. The molecule has 0 aliphatic carbocycles. The molecule has 0 fully saturated rings. The summed E-state index contributed by atoms with van der Waals surface area (Å²) in [6.07, 6.45) is 1.88. The summed E-state index contributed by atoms with van der Waals surface area (Å²) in [5.41, 5.74) is 5.09. The van der Waals surface area contributed by atoms with Crippen molar-refractivity contribution in [1.82, 2.24) is 5.32 Å². The fourth-order valence-electron chi connectivity index (χ4n) is 0.935. The van der Waals surface area contributed by atoms with E-state index < -0.39 is 17.9 Å². The van der Waals surface area contributed by atoms with Gasteiger partial charge in [0, 0.05) is 5.70 Å². The highest BCUT2D eigenvalue weighted by Crippen LogP contribution is 2.13. The number of allylic oxidation sites excluding steroid dienone is 1. The van der Waals surface area contributed by atoms with Gasteiger partial charge in [-0.2, -0.15) is 0 Å². The zero-order chi connectivity index (χ0) is 11.1. The molecule has 0 aromatic carbocycles. The predicted molar refractivity (Wildman–Crippen MR) is 52.2 cm³/mol. The van der Waals surface area contributed by atoms with Crippen molar-refractivity contribution in [2.75, 3.05) is 7.11 Å². The highest BCUT2D eigenvalue weighted by molar-refractivity contribution is 5.79. The first-order valence-corrected chi connectivity index (χ1v) is 3.96. The standard InChI is InChI=1S/C9H14N2O3/c1-4-5-7(8(12)14-3)6(2)11-9(10)13/h4,7H,1-2,5H2,3H3,(H3,10,11,13). The van der Waals surface area contributed by atoms with Gasteiger partial charge >= 0.3 is 12.0 Å². The Morgan fingerprint density at radius 3 is 2.57 bits per heavy atom. The van der Waals surface area contributed by atoms with Gasteiger partial charge in [-0.15, -0.1) is 6.58 Å². The van der Waals surface area contributed by atoms with Gasteiger partial charge in [0.2, 0.25) is 0 Å². The number of ether oxygens (including phenoxy) is 1. The summed E-state index contributed by atoms with van der Waals surface area (Å²) in [5, 5.41) is 2.24. The van der Waals surface area contributed by atoms with Crippen LogP contribution in [0.3, 0.4) is 0 Å². The molecular formula is C9H14N2O3. The van der Waals surface area contributed by atoms with E-state index in [2.05, 4.69) is 23.2 Å². The highest BCUT2D eigenvalue weighted by atomic mass is 16.5. The molecule has 2 amide bonds. The van der Waals surface area contributed by atoms with E-state index in [0.29, 0.717) is 6.42 Å². The maximum atomic E-state index is 11.2. The summed E-state index contributed by atoms with van der Waals surface area (Å²) in [7, 11) is 1.26. The summed E-state index contributed by atoms with van der Waals surface area (Å²) in [6, 6.07) is -0.757. The first-order chi connectivity index (χ1) is 6.52. The van der Waals surface area contributed by atoms with Crippen LogP contribution in [0.2, 0.25) is 0 Å². The second-order valence-corrected chi connectivity index (χ2v) is 2.61. The predicted octanol–water partition coefficient (Wildman–Crippen LogP) is 0.534. The fourth-order valence-corrected chi connectivity index (χ4v) is 0.935. The summed E-state index contributed by atoms with van der Waals surface area (Å²) in [6.45, 7) is 7.01. The number of urea groups is 1. The molecular weight excluding hydrogens is 184 g/mol. The molecule has 5 heteroatoms. The molecule has 0 saturated heterocycles. The number of rotatable bonds is 5. The van der Waals surface area contributed by atoms with Gasteiger partial charge in [-0.3, -0.25) is 4.79 Å². The highest BCUT2D eigenvalue weighted by Gasteiger charge is 2.21. The van der Waals surface area contributed by atoms with Gasteiger partial charge in [0.25, 0.3) is 0 Å². The maximum Gasteiger partial charge on any atom is 0.316 e. The summed E-state index contributed by atoms with van der Waals surface area (Å²) >= 11 is 0. The Balaban J connectivity index is 4.47. The molecule has 0 aromatic heterocycles. The number of hydrogen-bond donors (Lipinski definition) is 2. The number of primary amides is 1. The van der Waals surface area contributed by atoms with E-state index in [4.69, 9.17) is 5.73 Å². The van der Waals surface area contributed by atoms with E-state index >= 15 is 0 Å². The Morgan fingerprint density at radius 1 is 1.64 bits per heavy atom. The molecule has 5 nitrogen and oxygen atoms in total. The van der Waals surface area contributed by atoms with Crippen LogP contribution in [0, 0.1) is 5.92 Å². The van der Waals surface area contributed by atoms with Crippen LogP contribution in [0.5, 0.6) is 0 Å². The van der Waals surface area contributed by atoms with Gasteiger partial charge in [0.05, 0.1) is 13.0 Å². The van der Waals surface area contributed by atoms with Crippen LogP contribution in [-0.2, 0) is 9.53 Å². The van der Waals surface area contributed by atoms with Crippen LogP contribution < -0.4 is 11.1 Å². The Kier molecular flexibility index (Phi) is 5.06. The third-order valence-electron chi connectivity index (χ3n) is 1.59. The van der Waals surface area contributed by atoms with Crippen molar-refractivity contribution in [2.24, 2.45) is 11.7 Å². The molecule has 0 aliphatic heterocycles. The van der Waals surface area contributed by atoms with Crippen LogP contribution in [0.25, 0.3) is 0 Å². The van der Waals surface area contributed by atoms with Gasteiger partial charge in [0.15, 0.2) is 0 Å². The number of hydrogen-bond acceptors (Lipinski definition) is 3. The number of methoxy groups -OCH3 is 1. The molecule has 0 radical (unpaired) electrons. The largest absolute Gasteiger partial charge is 0.468 e. The molecule has 14 heavy (non-hydrogen) atoms. The van der Waals surface area contributed by atoms with Gasteiger partial charge in [-0.1, -0.05) is 12.7 Å². The monoisotopic (exact) mass is 198 g/mol. The minimum Gasteiger partial charge on any atom is -0.468 e. The lowest BCUT2D eigenvalue weighted by Crippen LogP contribution is -2.34. The van der Waals surface area contributed by atoms with E-state index in [1.807, 2.05) is 0 Å². The fraction of sp³-hybridized carbons (Fsp3) is 0.333. The molecule has 0 saturated carbocycles. The molecule has 1 unspecified atom stereocenters. The van der Waals surface area contributed by atoms with Gasteiger partial charge in [-0.25, -0.2) is 4.79 Å². The minimum absolute atomic E-state index is 0.212.